The Morgan fingerprint density at radius 1 is 1.29 bits per heavy atom. The zero-order valence-electron chi connectivity index (χ0n) is 14.9. The van der Waals surface area contributed by atoms with Crippen molar-refractivity contribution < 1.29 is 0 Å². The molecule has 0 aromatic heterocycles. The first kappa shape index (κ1) is 17.1. The number of allylic oxidation sites excluding steroid dienone is 1. The molecule has 2 fully saturated rings. The van der Waals surface area contributed by atoms with Crippen LogP contribution in [0.2, 0.25) is 5.31 Å². The first-order chi connectivity index (χ1) is 9.87. The molecule has 0 spiro atoms. The minimum absolute atomic E-state index is 0.0967. The molecule has 0 aromatic rings. The van der Waals surface area contributed by atoms with Crippen LogP contribution >= 0.6 is 0 Å². The van der Waals surface area contributed by atoms with Crippen molar-refractivity contribution >= 4 is 7.85 Å². The highest BCUT2D eigenvalue weighted by Gasteiger charge is 2.42. The summed E-state index contributed by atoms with van der Waals surface area (Å²) in [7, 11) is 6.93. The van der Waals surface area contributed by atoms with E-state index >= 15 is 0 Å². The molecule has 5 atom stereocenters. The fourth-order valence-electron chi connectivity index (χ4n) is 4.85. The monoisotopic (exact) mass is 287 g/mol. The normalized spacial score (nSPS) is 41.8. The van der Waals surface area contributed by atoms with E-state index in [0.29, 0.717) is 23.9 Å². The second-order valence-corrected chi connectivity index (χ2v) is 7.98. The lowest BCUT2D eigenvalue weighted by Crippen LogP contribution is -2.49. The summed E-state index contributed by atoms with van der Waals surface area (Å²) in [4.78, 5) is 2.71. The van der Waals surface area contributed by atoms with Crippen LogP contribution in [0.1, 0.15) is 73.1 Å². The van der Waals surface area contributed by atoms with Gasteiger partial charge in [-0.05, 0) is 45.6 Å². The summed E-state index contributed by atoms with van der Waals surface area (Å²) in [5.41, 5.74) is 1.44. The Hall–Kier alpha value is -0.235. The molecule has 118 valence electrons. The Bertz CT molecular complexity index is 374. The Labute approximate surface area is 134 Å². The van der Waals surface area contributed by atoms with Gasteiger partial charge < -0.3 is 0 Å². The van der Waals surface area contributed by atoms with Crippen molar-refractivity contribution in [2.24, 2.45) is 11.8 Å². The number of rotatable bonds is 2. The minimum atomic E-state index is 0.0967. The number of likely N-dealkylation sites (tertiary alicyclic amines) is 1. The molecule has 1 nitrogen and oxygen atoms in total. The molecule has 21 heavy (non-hydrogen) atoms. The van der Waals surface area contributed by atoms with Gasteiger partial charge in [-0.2, -0.15) is 0 Å². The average molecular weight is 287 g/mol. The Kier molecular flexibility index (Phi) is 5.62. The van der Waals surface area contributed by atoms with E-state index in [1.807, 2.05) is 0 Å². The molecule has 1 saturated heterocycles. The first-order valence-electron chi connectivity index (χ1n) is 9.07. The Balaban J connectivity index is 2.32. The molecular weight excluding hydrogens is 253 g/mol. The molecular formula is C19H34BN. The lowest BCUT2D eigenvalue weighted by Gasteiger charge is -2.51. The van der Waals surface area contributed by atoms with Crippen LogP contribution in [0.3, 0.4) is 0 Å². The maximum absolute atomic E-state index is 6.93. The van der Waals surface area contributed by atoms with Crippen molar-refractivity contribution in [1.29, 1.82) is 0 Å². The third-order valence-corrected chi connectivity index (χ3v) is 6.15. The molecule has 0 N–H and O–H groups in total. The van der Waals surface area contributed by atoms with E-state index in [9.17, 15) is 0 Å². The van der Waals surface area contributed by atoms with Gasteiger partial charge in [-0.1, -0.05) is 62.9 Å². The highest BCUT2D eigenvalue weighted by molar-refractivity contribution is 6.15. The van der Waals surface area contributed by atoms with Gasteiger partial charge in [-0.15, -0.1) is 0 Å². The van der Waals surface area contributed by atoms with E-state index in [-0.39, 0.29) is 5.31 Å². The number of hydrogen-bond donors (Lipinski definition) is 0. The van der Waals surface area contributed by atoms with Gasteiger partial charge in [0.1, 0.15) is 0 Å². The molecule has 2 heteroatoms. The summed E-state index contributed by atoms with van der Waals surface area (Å²) < 4.78 is 0. The lowest BCUT2D eigenvalue weighted by atomic mass is 9.49. The van der Waals surface area contributed by atoms with Crippen LogP contribution in [-0.2, 0) is 0 Å². The van der Waals surface area contributed by atoms with Crippen molar-refractivity contribution in [3.05, 3.63) is 11.6 Å². The average Bonchev–Trinajstić information content (AvgIpc) is 2.40. The van der Waals surface area contributed by atoms with Crippen LogP contribution in [0.4, 0.5) is 0 Å². The summed E-state index contributed by atoms with van der Waals surface area (Å²) in [6, 6.07) is 1.20. The van der Waals surface area contributed by atoms with Crippen molar-refractivity contribution in [3.63, 3.8) is 0 Å². The Morgan fingerprint density at radius 2 is 2.00 bits per heavy atom. The van der Waals surface area contributed by atoms with E-state index in [4.69, 9.17) is 7.85 Å². The number of hydrogen-bond acceptors (Lipinski definition) is 1. The van der Waals surface area contributed by atoms with E-state index < -0.39 is 0 Å². The molecule has 1 heterocycles. The third kappa shape index (κ3) is 3.75. The van der Waals surface area contributed by atoms with Gasteiger partial charge in [0.2, 0.25) is 0 Å². The zero-order valence-corrected chi connectivity index (χ0v) is 14.9. The highest BCUT2D eigenvalue weighted by atomic mass is 15.2. The molecule has 2 aliphatic rings. The number of likely N-dealkylation sites (N-methyl/N-ethyl adjacent to an activating group) is 1. The van der Waals surface area contributed by atoms with Crippen LogP contribution in [-0.4, -0.2) is 31.4 Å². The quantitative estimate of drug-likeness (QED) is 0.511. The Morgan fingerprint density at radius 3 is 2.62 bits per heavy atom. The maximum Gasteiger partial charge on any atom is 0.0750 e. The van der Waals surface area contributed by atoms with Crippen molar-refractivity contribution in [3.8, 4) is 0 Å². The van der Waals surface area contributed by atoms with Gasteiger partial charge in [0.15, 0.2) is 0 Å². The van der Waals surface area contributed by atoms with Gasteiger partial charge in [-0.3, -0.25) is 4.90 Å². The van der Waals surface area contributed by atoms with Gasteiger partial charge in [-0.25, -0.2) is 0 Å². The molecule has 0 amide bonds. The van der Waals surface area contributed by atoms with E-state index in [1.165, 1.54) is 44.1 Å². The van der Waals surface area contributed by atoms with Crippen molar-refractivity contribution in [1.82, 2.24) is 4.90 Å². The largest absolute Gasteiger partial charge is 0.294 e. The van der Waals surface area contributed by atoms with Crippen LogP contribution in [0.5, 0.6) is 0 Å². The van der Waals surface area contributed by atoms with Gasteiger partial charge >= 0.3 is 0 Å². The van der Waals surface area contributed by atoms with E-state index in [0.717, 1.165) is 6.54 Å². The fraction of sp³-hybridized carbons (Fsp3) is 0.895. The highest BCUT2D eigenvalue weighted by Crippen LogP contribution is 2.53. The summed E-state index contributed by atoms with van der Waals surface area (Å²) >= 11 is 0. The molecule has 0 aromatic carbocycles. The van der Waals surface area contributed by atoms with E-state index in [2.05, 4.69) is 45.6 Å². The second kappa shape index (κ2) is 6.90. The van der Waals surface area contributed by atoms with Crippen LogP contribution in [0.25, 0.3) is 0 Å². The smallest absolute Gasteiger partial charge is 0.0750 e. The molecule has 5 unspecified atom stereocenters. The number of nitrogens with zero attached hydrogens (tertiary/aromatic N) is 1. The van der Waals surface area contributed by atoms with Crippen molar-refractivity contribution in [2.45, 2.75) is 90.5 Å². The van der Waals surface area contributed by atoms with Crippen LogP contribution < -0.4 is 0 Å². The van der Waals surface area contributed by atoms with Crippen molar-refractivity contribution in [2.75, 3.05) is 6.54 Å². The lowest BCUT2D eigenvalue weighted by molar-refractivity contribution is 0.0595. The fourth-order valence-corrected chi connectivity index (χ4v) is 4.85. The predicted molar refractivity (Wildman–Crippen MR) is 93.9 cm³/mol. The van der Waals surface area contributed by atoms with Gasteiger partial charge in [0, 0.05) is 12.1 Å². The SMILES string of the molecule is [B]C12CCCCC1CC(C=C(C)C)N(CC)C(C)C(C)C2. The third-order valence-electron chi connectivity index (χ3n) is 6.15. The predicted octanol–water partition coefficient (Wildman–Crippen LogP) is 4.98. The maximum atomic E-state index is 6.93. The summed E-state index contributed by atoms with van der Waals surface area (Å²) in [6.45, 7) is 12.7. The minimum Gasteiger partial charge on any atom is -0.294 e. The summed E-state index contributed by atoms with van der Waals surface area (Å²) in [5.74, 6) is 1.39. The molecule has 2 radical (unpaired) electrons. The van der Waals surface area contributed by atoms with E-state index in [1.54, 1.807) is 0 Å². The zero-order chi connectivity index (χ0) is 15.6. The van der Waals surface area contributed by atoms with Crippen LogP contribution in [0, 0.1) is 11.8 Å². The summed E-state index contributed by atoms with van der Waals surface area (Å²) in [5, 5.41) is 0.0967. The molecule has 2 rings (SSSR count). The second-order valence-electron chi connectivity index (χ2n) is 7.98. The van der Waals surface area contributed by atoms with Crippen LogP contribution in [0.15, 0.2) is 11.6 Å². The summed E-state index contributed by atoms with van der Waals surface area (Å²) in [6.07, 6.45) is 10.2. The van der Waals surface area contributed by atoms with Gasteiger partial charge in [0.05, 0.1) is 7.85 Å². The molecule has 1 aliphatic carbocycles. The number of fused-ring (bicyclic) bond motifs is 1. The van der Waals surface area contributed by atoms with Gasteiger partial charge in [0.25, 0.3) is 0 Å². The first-order valence-corrected chi connectivity index (χ1v) is 9.07. The molecule has 1 saturated carbocycles. The molecule has 0 bridgehead atoms. The topological polar surface area (TPSA) is 3.24 Å². The molecule has 1 aliphatic heterocycles. The standard InChI is InChI=1S/C19H34BN/c1-6-21-16(5)15(4)13-19(20)10-8-7-9-17(19)12-18(21)11-14(2)3/h11,15-18H,6-10,12-13H2,1-5H3.